The topological polar surface area (TPSA) is 51.5 Å². The molecule has 0 saturated carbocycles. The quantitative estimate of drug-likeness (QED) is 0.711. The van der Waals surface area contributed by atoms with E-state index in [0.29, 0.717) is 27.6 Å². The Kier molecular flexibility index (Phi) is 4.54. The third kappa shape index (κ3) is 3.32. The summed E-state index contributed by atoms with van der Waals surface area (Å²) in [6.07, 6.45) is 0.927. The fourth-order valence-corrected chi connectivity index (χ4v) is 2.84. The fourth-order valence-electron chi connectivity index (χ4n) is 2.84. The lowest BCUT2D eigenvalue weighted by Gasteiger charge is -2.19. The first kappa shape index (κ1) is 18.1. The van der Waals surface area contributed by atoms with Gasteiger partial charge in [-0.05, 0) is 50.1 Å². The normalized spacial score (nSPS) is 11.8. The molecule has 4 nitrogen and oxygen atoms in total. The van der Waals surface area contributed by atoms with Crippen molar-refractivity contribution in [2.24, 2.45) is 0 Å². The van der Waals surface area contributed by atoms with Gasteiger partial charge in [0.1, 0.15) is 5.60 Å². The van der Waals surface area contributed by atoms with E-state index in [1.807, 2.05) is 0 Å². The Hall–Kier alpha value is -2.73. The highest BCUT2D eigenvalue weighted by atomic mass is 19.2. The van der Waals surface area contributed by atoms with Gasteiger partial charge in [-0.1, -0.05) is 18.2 Å². The number of ether oxygens (including phenoxy) is 1. The van der Waals surface area contributed by atoms with Gasteiger partial charge in [-0.2, -0.15) is 0 Å². The predicted molar refractivity (Wildman–Crippen MR) is 94.8 cm³/mol. The van der Waals surface area contributed by atoms with Crippen molar-refractivity contribution in [3.05, 3.63) is 59.8 Å². The average Bonchev–Trinajstić information content (AvgIpc) is 2.95. The highest BCUT2D eigenvalue weighted by molar-refractivity contribution is 6.02. The third-order valence-corrected chi connectivity index (χ3v) is 3.91. The summed E-state index contributed by atoms with van der Waals surface area (Å²) >= 11 is 0. The molecule has 0 atom stereocenters. The Morgan fingerprint density at radius 1 is 1.15 bits per heavy atom. The van der Waals surface area contributed by atoms with E-state index in [0.717, 1.165) is 12.1 Å². The van der Waals surface area contributed by atoms with Crippen LogP contribution in [-0.4, -0.2) is 21.4 Å². The number of fused-ring (bicyclic) bond motifs is 1. The number of hydrogen-bond donors (Lipinski definition) is 1. The van der Waals surface area contributed by atoms with Crippen LogP contribution in [0.4, 0.5) is 13.6 Å². The summed E-state index contributed by atoms with van der Waals surface area (Å²) < 4.78 is 33.8. The summed E-state index contributed by atoms with van der Waals surface area (Å²) in [6, 6.07) is 8.66. The van der Waals surface area contributed by atoms with Gasteiger partial charge in [0.05, 0.1) is 12.1 Å². The number of aliphatic hydroxyl groups is 1. The number of halogens is 2. The molecule has 0 spiro atoms. The molecule has 0 unspecified atom stereocenters. The van der Waals surface area contributed by atoms with E-state index < -0.39 is 23.3 Å². The lowest BCUT2D eigenvalue weighted by Crippen LogP contribution is -2.26. The molecule has 0 bridgehead atoms. The summed E-state index contributed by atoms with van der Waals surface area (Å²) in [6.45, 7) is 5.01. The van der Waals surface area contributed by atoms with E-state index in [1.54, 1.807) is 39.0 Å². The SMILES string of the molecule is CC(C)(C)OC(=O)n1cc(-c2ccc(F)c(F)c2)c2c(CO)cccc21. The molecule has 0 saturated heterocycles. The van der Waals surface area contributed by atoms with Crippen molar-refractivity contribution in [1.29, 1.82) is 0 Å². The van der Waals surface area contributed by atoms with Gasteiger partial charge in [-0.3, -0.25) is 4.57 Å². The molecule has 0 aliphatic carbocycles. The lowest BCUT2D eigenvalue weighted by molar-refractivity contribution is 0.0544. The monoisotopic (exact) mass is 359 g/mol. The summed E-state index contributed by atoms with van der Waals surface area (Å²) in [5, 5.41) is 10.3. The maximum atomic E-state index is 13.7. The zero-order chi connectivity index (χ0) is 19.1. The Labute approximate surface area is 149 Å². The molecule has 2 aromatic carbocycles. The molecule has 0 fully saturated rings. The smallest absolute Gasteiger partial charge is 0.419 e. The van der Waals surface area contributed by atoms with E-state index in [1.165, 1.54) is 16.8 Å². The highest BCUT2D eigenvalue weighted by Crippen LogP contribution is 2.34. The number of hydrogen-bond acceptors (Lipinski definition) is 3. The van der Waals surface area contributed by atoms with E-state index in [-0.39, 0.29) is 6.61 Å². The maximum absolute atomic E-state index is 13.7. The van der Waals surface area contributed by atoms with Crippen molar-refractivity contribution in [2.45, 2.75) is 33.0 Å². The number of carbonyl (C=O) groups excluding carboxylic acids is 1. The highest BCUT2D eigenvalue weighted by Gasteiger charge is 2.22. The molecule has 3 rings (SSSR count). The molecule has 26 heavy (non-hydrogen) atoms. The van der Waals surface area contributed by atoms with Crippen LogP contribution in [0.2, 0.25) is 0 Å². The molecule has 6 heteroatoms. The molecule has 1 heterocycles. The second kappa shape index (κ2) is 6.53. The molecular weight excluding hydrogens is 340 g/mol. The van der Waals surface area contributed by atoms with Crippen LogP contribution in [0.1, 0.15) is 26.3 Å². The number of carbonyl (C=O) groups is 1. The molecule has 136 valence electrons. The standard InChI is InChI=1S/C20H19F2NO3/c1-20(2,3)26-19(25)23-10-14(12-7-8-15(21)16(22)9-12)18-13(11-24)5-4-6-17(18)23/h4-10,24H,11H2,1-3H3. The first-order chi connectivity index (χ1) is 12.2. The average molecular weight is 359 g/mol. The first-order valence-corrected chi connectivity index (χ1v) is 8.14. The van der Waals surface area contributed by atoms with E-state index in [4.69, 9.17) is 4.74 Å². The van der Waals surface area contributed by atoms with Gasteiger partial charge >= 0.3 is 6.09 Å². The lowest BCUT2D eigenvalue weighted by atomic mass is 10.0. The largest absolute Gasteiger partial charge is 0.443 e. The Balaban J connectivity index is 2.25. The zero-order valence-corrected chi connectivity index (χ0v) is 14.7. The van der Waals surface area contributed by atoms with Crippen LogP contribution in [-0.2, 0) is 11.3 Å². The summed E-state index contributed by atoms with van der Waals surface area (Å²) in [5.41, 5.74) is 1.31. The Bertz CT molecular complexity index is 987. The van der Waals surface area contributed by atoms with Crippen LogP contribution in [0.3, 0.4) is 0 Å². The van der Waals surface area contributed by atoms with Gasteiger partial charge in [-0.25, -0.2) is 13.6 Å². The van der Waals surface area contributed by atoms with E-state index in [9.17, 15) is 18.7 Å². The molecule has 0 aliphatic rings. The zero-order valence-electron chi connectivity index (χ0n) is 14.7. The van der Waals surface area contributed by atoms with Crippen molar-refractivity contribution < 1.29 is 23.4 Å². The minimum atomic E-state index is -0.984. The number of nitrogens with zero attached hydrogens (tertiary/aromatic N) is 1. The number of benzene rings is 2. The van der Waals surface area contributed by atoms with Gasteiger partial charge in [0.25, 0.3) is 0 Å². The molecule has 0 amide bonds. The van der Waals surface area contributed by atoms with Gasteiger partial charge in [0, 0.05) is 17.1 Å². The van der Waals surface area contributed by atoms with Crippen LogP contribution in [0.5, 0.6) is 0 Å². The minimum Gasteiger partial charge on any atom is -0.443 e. The van der Waals surface area contributed by atoms with Crippen LogP contribution in [0, 0.1) is 11.6 Å². The van der Waals surface area contributed by atoms with Crippen molar-refractivity contribution >= 4 is 17.0 Å². The first-order valence-electron chi connectivity index (χ1n) is 8.14. The molecule has 0 aliphatic heterocycles. The van der Waals surface area contributed by atoms with Gasteiger partial charge in [-0.15, -0.1) is 0 Å². The summed E-state index contributed by atoms with van der Waals surface area (Å²) in [4.78, 5) is 12.6. The third-order valence-electron chi connectivity index (χ3n) is 3.91. The van der Waals surface area contributed by atoms with Gasteiger partial charge < -0.3 is 9.84 Å². The molecule has 1 N–H and O–H groups in total. The fraction of sp³-hybridized carbons (Fsp3) is 0.250. The maximum Gasteiger partial charge on any atom is 0.419 e. The summed E-state index contributed by atoms with van der Waals surface area (Å²) in [5.74, 6) is -1.94. The summed E-state index contributed by atoms with van der Waals surface area (Å²) in [7, 11) is 0. The van der Waals surface area contributed by atoms with E-state index in [2.05, 4.69) is 0 Å². The number of aliphatic hydroxyl groups excluding tert-OH is 1. The van der Waals surface area contributed by atoms with Crippen molar-refractivity contribution in [1.82, 2.24) is 4.57 Å². The second-order valence-electron chi connectivity index (χ2n) is 6.99. The van der Waals surface area contributed by atoms with Crippen LogP contribution < -0.4 is 0 Å². The van der Waals surface area contributed by atoms with E-state index >= 15 is 0 Å². The molecule has 0 radical (unpaired) electrons. The number of aromatic nitrogens is 1. The molecule has 1 aromatic heterocycles. The Morgan fingerprint density at radius 3 is 2.50 bits per heavy atom. The van der Waals surface area contributed by atoms with Crippen molar-refractivity contribution in [3.8, 4) is 11.1 Å². The van der Waals surface area contributed by atoms with Gasteiger partial charge in [0.15, 0.2) is 11.6 Å². The van der Waals surface area contributed by atoms with Crippen LogP contribution >= 0.6 is 0 Å². The van der Waals surface area contributed by atoms with Crippen molar-refractivity contribution in [2.75, 3.05) is 0 Å². The second-order valence-corrected chi connectivity index (χ2v) is 6.99. The predicted octanol–water partition coefficient (Wildman–Crippen LogP) is 4.86. The molecule has 3 aromatic rings. The van der Waals surface area contributed by atoms with Crippen LogP contribution in [0.25, 0.3) is 22.0 Å². The van der Waals surface area contributed by atoms with Crippen LogP contribution in [0.15, 0.2) is 42.6 Å². The number of rotatable bonds is 2. The van der Waals surface area contributed by atoms with Crippen molar-refractivity contribution in [3.63, 3.8) is 0 Å². The Morgan fingerprint density at radius 2 is 1.88 bits per heavy atom. The minimum absolute atomic E-state index is 0.258. The molecular formula is C20H19F2NO3. The van der Waals surface area contributed by atoms with Gasteiger partial charge in [0.2, 0.25) is 0 Å².